The molecule has 1 N–H and O–H groups in total. The van der Waals surface area contributed by atoms with Crippen molar-refractivity contribution in [2.45, 2.75) is 0 Å². The monoisotopic (exact) mass is 175 g/mol. The van der Waals surface area contributed by atoms with E-state index in [1.807, 2.05) is 19.0 Å². The van der Waals surface area contributed by atoms with E-state index < -0.39 is 0 Å². The molecule has 0 aliphatic carbocycles. The molecule has 1 rings (SSSR count). The fourth-order valence-corrected chi connectivity index (χ4v) is 0.844. The van der Waals surface area contributed by atoms with Gasteiger partial charge in [-0.05, 0) is 38.4 Å². The maximum absolute atomic E-state index is 9.01. The molecule has 0 saturated heterocycles. The molecule has 0 fully saturated rings. The lowest BCUT2D eigenvalue weighted by atomic mass is 10.2. The van der Waals surface area contributed by atoms with E-state index in [0.717, 1.165) is 12.1 Å². The summed E-state index contributed by atoms with van der Waals surface area (Å²) in [4.78, 5) is 2.01. The first-order chi connectivity index (χ1) is 6.18. The lowest BCUT2D eigenvalue weighted by Crippen LogP contribution is -2.10. The highest BCUT2D eigenvalue weighted by molar-refractivity contribution is 5.37. The molecular formula is C11H13NO. The summed E-state index contributed by atoms with van der Waals surface area (Å²) >= 11 is 0. The number of phenols is 1. The van der Waals surface area contributed by atoms with Crippen molar-refractivity contribution in [3.8, 4) is 17.6 Å². The SMILES string of the molecule is CN(C)CC#Cc1ccc(O)cc1. The van der Waals surface area contributed by atoms with Crippen LogP contribution >= 0.6 is 0 Å². The maximum atomic E-state index is 9.01. The number of hydrogen-bond donors (Lipinski definition) is 1. The van der Waals surface area contributed by atoms with Crippen molar-refractivity contribution >= 4 is 0 Å². The zero-order valence-corrected chi connectivity index (χ0v) is 7.91. The number of phenolic OH excluding ortho intramolecular Hbond substituents is 1. The van der Waals surface area contributed by atoms with Crippen LogP contribution in [0.2, 0.25) is 0 Å². The third-order valence-corrected chi connectivity index (χ3v) is 1.50. The van der Waals surface area contributed by atoms with E-state index in [1.165, 1.54) is 0 Å². The topological polar surface area (TPSA) is 23.5 Å². The summed E-state index contributed by atoms with van der Waals surface area (Å²) in [6, 6.07) is 6.88. The van der Waals surface area contributed by atoms with Crippen LogP contribution in [0, 0.1) is 11.8 Å². The van der Waals surface area contributed by atoms with Crippen LogP contribution in [0.1, 0.15) is 5.56 Å². The van der Waals surface area contributed by atoms with Gasteiger partial charge in [-0.3, -0.25) is 4.90 Å². The Bertz CT molecular complexity index is 316. The van der Waals surface area contributed by atoms with Crippen molar-refractivity contribution in [2.24, 2.45) is 0 Å². The van der Waals surface area contributed by atoms with Gasteiger partial charge in [0.2, 0.25) is 0 Å². The Morgan fingerprint density at radius 1 is 1.23 bits per heavy atom. The molecule has 0 aromatic heterocycles. The normalized spacial score (nSPS) is 9.46. The smallest absolute Gasteiger partial charge is 0.115 e. The molecule has 13 heavy (non-hydrogen) atoms. The molecule has 0 aliphatic heterocycles. The molecule has 0 bridgehead atoms. The Morgan fingerprint density at radius 3 is 2.38 bits per heavy atom. The molecule has 0 saturated carbocycles. The number of hydrogen-bond acceptors (Lipinski definition) is 2. The minimum Gasteiger partial charge on any atom is -0.508 e. The highest BCUT2D eigenvalue weighted by Crippen LogP contribution is 2.07. The molecule has 2 heteroatoms. The Balaban J connectivity index is 2.62. The third kappa shape index (κ3) is 3.64. The van der Waals surface area contributed by atoms with Crippen LogP contribution in [-0.2, 0) is 0 Å². The fraction of sp³-hybridized carbons (Fsp3) is 0.273. The van der Waals surface area contributed by atoms with E-state index in [1.54, 1.807) is 24.3 Å². The molecule has 68 valence electrons. The Hall–Kier alpha value is -1.46. The molecule has 1 aromatic carbocycles. The van der Waals surface area contributed by atoms with Crippen molar-refractivity contribution in [3.63, 3.8) is 0 Å². The van der Waals surface area contributed by atoms with E-state index >= 15 is 0 Å². The van der Waals surface area contributed by atoms with Gasteiger partial charge in [-0.1, -0.05) is 11.8 Å². The van der Waals surface area contributed by atoms with Crippen LogP contribution < -0.4 is 0 Å². The second-order valence-electron chi connectivity index (χ2n) is 3.09. The van der Waals surface area contributed by atoms with Crippen LogP contribution in [0.5, 0.6) is 5.75 Å². The van der Waals surface area contributed by atoms with Gasteiger partial charge in [0.25, 0.3) is 0 Å². The Kier molecular flexibility index (Phi) is 3.36. The van der Waals surface area contributed by atoms with Gasteiger partial charge < -0.3 is 5.11 Å². The minimum atomic E-state index is 0.276. The van der Waals surface area contributed by atoms with Crippen LogP contribution in [-0.4, -0.2) is 30.6 Å². The van der Waals surface area contributed by atoms with Crippen molar-refractivity contribution in [3.05, 3.63) is 29.8 Å². The van der Waals surface area contributed by atoms with Crippen molar-refractivity contribution in [1.29, 1.82) is 0 Å². The molecule has 0 aliphatic rings. The summed E-state index contributed by atoms with van der Waals surface area (Å²) in [7, 11) is 3.96. The van der Waals surface area contributed by atoms with Crippen LogP contribution in [0.15, 0.2) is 24.3 Å². The van der Waals surface area contributed by atoms with Crippen molar-refractivity contribution in [1.82, 2.24) is 4.90 Å². The largest absolute Gasteiger partial charge is 0.508 e. The first-order valence-corrected chi connectivity index (χ1v) is 4.11. The van der Waals surface area contributed by atoms with E-state index in [4.69, 9.17) is 5.11 Å². The van der Waals surface area contributed by atoms with Gasteiger partial charge in [0, 0.05) is 5.56 Å². The number of aromatic hydroxyl groups is 1. The molecule has 0 atom stereocenters. The van der Waals surface area contributed by atoms with E-state index in [2.05, 4.69) is 11.8 Å². The van der Waals surface area contributed by atoms with Crippen LogP contribution in [0.25, 0.3) is 0 Å². The average Bonchev–Trinajstić information content (AvgIpc) is 2.08. The predicted octanol–water partition coefficient (Wildman–Crippen LogP) is 1.31. The van der Waals surface area contributed by atoms with E-state index in [9.17, 15) is 0 Å². The predicted molar refractivity (Wildman–Crippen MR) is 53.5 cm³/mol. The molecule has 0 unspecified atom stereocenters. The van der Waals surface area contributed by atoms with Crippen LogP contribution in [0.3, 0.4) is 0 Å². The van der Waals surface area contributed by atoms with Crippen molar-refractivity contribution in [2.75, 3.05) is 20.6 Å². The summed E-state index contributed by atoms with van der Waals surface area (Å²) in [5.74, 6) is 6.29. The lowest BCUT2D eigenvalue weighted by molar-refractivity contribution is 0.464. The first kappa shape index (κ1) is 9.63. The highest BCUT2D eigenvalue weighted by atomic mass is 16.3. The molecule has 1 aromatic rings. The lowest BCUT2D eigenvalue weighted by Gasteiger charge is -2.00. The standard InChI is InChI=1S/C11H13NO/c1-12(2)9-3-4-10-5-7-11(13)8-6-10/h5-8,13H,9H2,1-2H3. The molecule has 0 radical (unpaired) electrons. The maximum Gasteiger partial charge on any atom is 0.115 e. The van der Waals surface area contributed by atoms with Gasteiger partial charge in [0.1, 0.15) is 5.75 Å². The van der Waals surface area contributed by atoms with Gasteiger partial charge >= 0.3 is 0 Å². The minimum absolute atomic E-state index is 0.276. The van der Waals surface area contributed by atoms with Gasteiger partial charge in [-0.2, -0.15) is 0 Å². The second kappa shape index (κ2) is 4.54. The summed E-state index contributed by atoms with van der Waals surface area (Å²) in [5.41, 5.74) is 0.930. The Morgan fingerprint density at radius 2 is 1.85 bits per heavy atom. The average molecular weight is 175 g/mol. The van der Waals surface area contributed by atoms with E-state index in [-0.39, 0.29) is 5.75 Å². The first-order valence-electron chi connectivity index (χ1n) is 4.11. The highest BCUT2D eigenvalue weighted by Gasteiger charge is 1.87. The zero-order valence-electron chi connectivity index (χ0n) is 7.91. The van der Waals surface area contributed by atoms with E-state index in [0.29, 0.717) is 0 Å². The fourth-order valence-electron chi connectivity index (χ4n) is 0.844. The molecule has 2 nitrogen and oxygen atoms in total. The summed E-state index contributed by atoms with van der Waals surface area (Å²) < 4.78 is 0. The number of benzene rings is 1. The number of rotatable bonds is 1. The quantitative estimate of drug-likeness (QED) is 0.650. The van der Waals surface area contributed by atoms with Crippen LogP contribution in [0.4, 0.5) is 0 Å². The molecule has 0 heterocycles. The van der Waals surface area contributed by atoms with Gasteiger partial charge in [-0.25, -0.2) is 0 Å². The molecule has 0 spiro atoms. The van der Waals surface area contributed by atoms with Crippen molar-refractivity contribution < 1.29 is 5.11 Å². The van der Waals surface area contributed by atoms with Gasteiger partial charge in [0.15, 0.2) is 0 Å². The Labute approximate surface area is 78.8 Å². The number of nitrogens with zero attached hydrogens (tertiary/aromatic N) is 1. The summed E-state index contributed by atoms with van der Waals surface area (Å²) in [6.45, 7) is 0.751. The molecule has 0 amide bonds. The zero-order chi connectivity index (χ0) is 9.68. The second-order valence-corrected chi connectivity index (χ2v) is 3.09. The van der Waals surface area contributed by atoms with Gasteiger partial charge in [-0.15, -0.1) is 0 Å². The van der Waals surface area contributed by atoms with Gasteiger partial charge in [0.05, 0.1) is 6.54 Å². The molecular weight excluding hydrogens is 162 g/mol. The summed E-state index contributed by atoms with van der Waals surface area (Å²) in [6.07, 6.45) is 0. The summed E-state index contributed by atoms with van der Waals surface area (Å²) in [5, 5.41) is 9.01. The third-order valence-electron chi connectivity index (χ3n) is 1.50.